The summed E-state index contributed by atoms with van der Waals surface area (Å²) in [5.74, 6) is -1.41. The second kappa shape index (κ2) is 5.74. The number of benzene rings is 2. The monoisotopic (exact) mass is 337 g/mol. The molecular formula is C17H11F4NO2. The molecule has 24 heavy (non-hydrogen) atoms. The van der Waals surface area contributed by atoms with Gasteiger partial charge in [-0.1, -0.05) is 0 Å². The van der Waals surface area contributed by atoms with Gasteiger partial charge in [-0.15, -0.1) is 0 Å². The number of anilines is 1. The molecule has 0 aromatic heterocycles. The summed E-state index contributed by atoms with van der Waals surface area (Å²) >= 11 is 0. The number of carbonyl (C=O) groups is 2. The number of amides is 1. The first-order valence-corrected chi connectivity index (χ1v) is 7.09. The molecule has 2 aromatic carbocycles. The predicted molar refractivity (Wildman–Crippen MR) is 78.5 cm³/mol. The van der Waals surface area contributed by atoms with E-state index in [4.69, 9.17) is 0 Å². The average molecular weight is 337 g/mol. The van der Waals surface area contributed by atoms with Gasteiger partial charge in [0.15, 0.2) is 5.78 Å². The van der Waals surface area contributed by atoms with E-state index in [0.29, 0.717) is 0 Å². The number of nitrogens with zero attached hydrogens (tertiary/aromatic N) is 1. The van der Waals surface area contributed by atoms with E-state index in [-0.39, 0.29) is 35.6 Å². The van der Waals surface area contributed by atoms with E-state index in [1.165, 1.54) is 11.0 Å². The maximum atomic E-state index is 13.3. The maximum Gasteiger partial charge on any atom is 0.416 e. The molecule has 0 radical (unpaired) electrons. The number of carbonyl (C=O) groups excluding carboxylic acids is 2. The molecule has 0 spiro atoms. The van der Waals surface area contributed by atoms with Crippen molar-refractivity contribution in [1.29, 1.82) is 0 Å². The van der Waals surface area contributed by atoms with E-state index >= 15 is 0 Å². The number of rotatable bonds is 1. The molecule has 0 atom stereocenters. The Kier molecular flexibility index (Phi) is 3.87. The van der Waals surface area contributed by atoms with Gasteiger partial charge < -0.3 is 4.90 Å². The van der Waals surface area contributed by atoms with Crippen molar-refractivity contribution in [1.82, 2.24) is 0 Å². The lowest BCUT2D eigenvalue weighted by Gasteiger charge is -2.28. The van der Waals surface area contributed by atoms with Gasteiger partial charge in [0.25, 0.3) is 5.91 Å². The highest BCUT2D eigenvalue weighted by molar-refractivity contribution is 6.13. The number of halogens is 4. The van der Waals surface area contributed by atoms with Crippen LogP contribution in [-0.4, -0.2) is 18.2 Å². The van der Waals surface area contributed by atoms with Crippen LogP contribution in [0.2, 0.25) is 0 Å². The third kappa shape index (κ3) is 2.89. The van der Waals surface area contributed by atoms with Crippen molar-refractivity contribution in [3.8, 4) is 0 Å². The minimum Gasteiger partial charge on any atom is -0.307 e. The zero-order valence-corrected chi connectivity index (χ0v) is 12.2. The number of ketones is 1. The van der Waals surface area contributed by atoms with Gasteiger partial charge in [-0.3, -0.25) is 9.59 Å². The Morgan fingerprint density at radius 3 is 2.33 bits per heavy atom. The van der Waals surface area contributed by atoms with Gasteiger partial charge in [-0.25, -0.2) is 4.39 Å². The summed E-state index contributed by atoms with van der Waals surface area (Å²) in [6, 6.07) is 7.34. The molecule has 0 unspecified atom stereocenters. The largest absolute Gasteiger partial charge is 0.416 e. The lowest BCUT2D eigenvalue weighted by atomic mass is 9.99. The maximum absolute atomic E-state index is 13.3. The Bertz CT molecular complexity index is 812. The first-order valence-electron chi connectivity index (χ1n) is 7.09. The Labute approximate surface area is 134 Å². The van der Waals surface area contributed by atoms with Crippen molar-refractivity contribution in [2.75, 3.05) is 11.4 Å². The highest BCUT2D eigenvalue weighted by Crippen LogP contribution is 2.31. The normalized spacial score (nSPS) is 14.5. The smallest absolute Gasteiger partial charge is 0.307 e. The van der Waals surface area contributed by atoms with Crippen LogP contribution in [0, 0.1) is 5.82 Å². The number of hydrogen-bond acceptors (Lipinski definition) is 2. The quantitative estimate of drug-likeness (QED) is 0.736. The van der Waals surface area contributed by atoms with Crippen molar-refractivity contribution >= 4 is 17.4 Å². The van der Waals surface area contributed by atoms with Gasteiger partial charge >= 0.3 is 6.18 Å². The van der Waals surface area contributed by atoms with Crippen LogP contribution in [0.1, 0.15) is 32.7 Å². The SMILES string of the molecule is O=C1CCN(C(=O)c2ccc(C(F)(F)F)cc2)c2ccc(F)cc21. The first-order chi connectivity index (χ1) is 11.3. The van der Waals surface area contributed by atoms with Gasteiger partial charge in [0, 0.05) is 24.1 Å². The highest BCUT2D eigenvalue weighted by atomic mass is 19.4. The minimum absolute atomic E-state index is 0.0306. The molecule has 3 nitrogen and oxygen atoms in total. The fourth-order valence-electron chi connectivity index (χ4n) is 2.60. The van der Waals surface area contributed by atoms with E-state index in [2.05, 4.69) is 0 Å². The molecular weight excluding hydrogens is 326 g/mol. The zero-order valence-electron chi connectivity index (χ0n) is 12.2. The number of alkyl halides is 3. The second-order valence-electron chi connectivity index (χ2n) is 5.37. The summed E-state index contributed by atoms with van der Waals surface area (Å²) in [5, 5.41) is 0. The van der Waals surface area contributed by atoms with Crippen LogP contribution in [-0.2, 0) is 6.18 Å². The Hall–Kier alpha value is -2.70. The second-order valence-corrected chi connectivity index (χ2v) is 5.37. The molecule has 0 aliphatic carbocycles. The van der Waals surface area contributed by atoms with Crippen LogP contribution in [0.4, 0.5) is 23.2 Å². The summed E-state index contributed by atoms with van der Waals surface area (Å²) in [6.45, 7) is 0.0946. The third-order valence-electron chi connectivity index (χ3n) is 3.82. The molecule has 1 heterocycles. The van der Waals surface area contributed by atoms with Crippen molar-refractivity contribution < 1.29 is 27.2 Å². The Balaban J connectivity index is 1.94. The van der Waals surface area contributed by atoms with E-state index < -0.39 is 23.5 Å². The van der Waals surface area contributed by atoms with Crippen LogP contribution < -0.4 is 4.90 Å². The molecule has 0 N–H and O–H groups in total. The number of Topliss-reactive ketones (excluding diaryl/α,β-unsaturated/α-hetero) is 1. The third-order valence-corrected chi connectivity index (χ3v) is 3.82. The molecule has 3 rings (SSSR count). The molecule has 1 amide bonds. The molecule has 124 valence electrons. The molecule has 1 aliphatic rings. The molecule has 0 bridgehead atoms. The van der Waals surface area contributed by atoms with Crippen molar-refractivity contribution in [3.05, 3.63) is 65.0 Å². The molecule has 0 fully saturated rings. The van der Waals surface area contributed by atoms with Crippen LogP contribution in [0.5, 0.6) is 0 Å². The van der Waals surface area contributed by atoms with E-state index in [9.17, 15) is 27.2 Å². The van der Waals surface area contributed by atoms with Crippen LogP contribution in [0.25, 0.3) is 0 Å². The summed E-state index contributed by atoms with van der Waals surface area (Å²) in [4.78, 5) is 25.7. The summed E-state index contributed by atoms with van der Waals surface area (Å²) < 4.78 is 51.1. The Morgan fingerprint density at radius 2 is 1.71 bits per heavy atom. The molecule has 0 saturated heterocycles. The lowest BCUT2D eigenvalue weighted by Crippen LogP contribution is -2.37. The van der Waals surface area contributed by atoms with Crippen molar-refractivity contribution in [2.45, 2.75) is 12.6 Å². The van der Waals surface area contributed by atoms with Gasteiger partial charge in [0.2, 0.25) is 0 Å². The predicted octanol–water partition coefficient (Wildman–Crippen LogP) is 4.08. The van der Waals surface area contributed by atoms with Crippen LogP contribution in [0.15, 0.2) is 42.5 Å². The molecule has 2 aromatic rings. The summed E-state index contributed by atoms with van der Waals surface area (Å²) in [7, 11) is 0. The van der Waals surface area contributed by atoms with E-state index in [1.54, 1.807) is 0 Å². The minimum atomic E-state index is -4.48. The standard InChI is InChI=1S/C17H11F4NO2/c18-12-5-6-14-13(9-12)15(23)7-8-22(14)16(24)10-1-3-11(4-2-10)17(19,20)21/h1-6,9H,7-8H2. The van der Waals surface area contributed by atoms with E-state index in [1.807, 2.05) is 0 Å². The number of fused-ring (bicyclic) bond motifs is 1. The Morgan fingerprint density at radius 1 is 1.04 bits per heavy atom. The summed E-state index contributed by atoms with van der Waals surface area (Å²) in [6.07, 6.45) is -4.45. The fourth-order valence-corrected chi connectivity index (χ4v) is 2.60. The summed E-state index contributed by atoms with van der Waals surface area (Å²) in [5.41, 5.74) is -0.429. The molecule has 1 aliphatic heterocycles. The van der Waals surface area contributed by atoms with Crippen molar-refractivity contribution in [3.63, 3.8) is 0 Å². The average Bonchev–Trinajstić information content (AvgIpc) is 2.54. The highest BCUT2D eigenvalue weighted by Gasteiger charge is 2.31. The molecule has 7 heteroatoms. The first kappa shape index (κ1) is 16.2. The van der Waals surface area contributed by atoms with Gasteiger partial charge in [0.05, 0.1) is 11.3 Å². The van der Waals surface area contributed by atoms with Crippen LogP contribution in [0.3, 0.4) is 0 Å². The zero-order chi connectivity index (χ0) is 17.5. The van der Waals surface area contributed by atoms with Gasteiger partial charge in [0.1, 0.15) is 5.82 Å². The fraction of sp³-hybridized carbons (Fsp3) is 0.176. The lowest BCUT2D eigenvalue weighted by molar-refractivity contribution is -0.137. The topological polar surface area (TPSA) is 37.4 Å². The number of hydrogen-bond donors (Lipinski definition) is 0. The van der Waals surface area contributed by atoms with Gasteiger partial charge in [-0.2, -0.15) is 13.2 Å². The van der Waals surface area contributed by atoms with Crippen LogP contribution >= 0.6 is 0 Å². The molecule has 0 saturated carbocycles. The van der Waals surface area contributed by atoms with Crippen molar-refractivity contribution in [2.24, 2.45) is 0 Å². The van der Waals surface area contributed by atoms with Gasteiger partial charge in [-0.05, 0) is 42.5 Å². The van der Waals surface area contributed by atoms with E-state index in [0.717, 1.165) is 36.4 Å².